The molecule has 212 valence electrons. The van der Waals surface area contributed by atoms with E-state index in [0.717, 1.165) is 12.1 Å². The lowest BCUT2D eigenvalue weighted by Gasteiger charge is -2.46. The number of nitro benzene ring substituents is 1. The SMILES string of the molecule is C[C@@H](O)[C@H]1C(=O)N2C(C(=O)OC(=O)c3ccc([N+](=O)[O-])cc3)=C(SC3C[C@@H](CNS(N)(=O)=O)N(C)C3)[C@H](C)[C@H]12. The smallest absolute Gasteiger partial charge is 0.363 e. The van der Waals surface area contributed by atoms with Crippen molar-refractivity contribution in [2.75, 3.05) is 20.1 Å². The van der Waals surface area contributed by atoms with Crippen LogP contribution in [0.15, 0.2) is 34.9 Å². The molecular weight excluding hydrogens is 554 g/mol. The second kappa shape index (κ2) is 10.9. The third-order valence-corrected chi connectivity index (χ3v) is 9.33. The molecule has 3 aliphatic rings. The Labute approximate surface area is 228 Å². The highest BCUT2D eigenvalue weighted by Crippen LogP contribution is 2.52. The van der Waals surface area contributed by atoms with Crippen molar-refractivity contribution >= 4 is 45.5 Å². The zero-order valence-corrected chi connectivity index (χ0v) is 23.0. The first-order valence-electron chi connectivity index (χ1n) is 12.1. The molecule has 1 amide bonds. The summed E-state index contributed by atoms with van der Waals surface area (Å²) in [5.41, 5.74) is -0.379. The fourth-order valence-corrected chi connectivity index (χ4v) is 7.38. The number of ether oxygens (including phenoxy) is 1. The number of carbonyl (C=O) groups is 3. The van der Waals surface area contributed by atoms with E-state index in [0.29, 0.717) is 17.9 Å². The van der Waals surface area contributed by atoms with Gasteiger partial charge in [0.1, 0.15) is 5.70 Å². The maximum absolute atomic E-state index is 13.3. The van der Waals surface area contributed by atoms with Crippen molar-refractivity contribution in [3.05, 3.63) is 50.5 Å². The van der Waals surface area contributed by atoms with Crippen molar-refractivity contribution < 1.29 is 37.6 Å². The van der Waals surface area contributed by atoms with Gasteiger partial charge in [0.2, 0.25) is 5.91 Å². The van der Waals surface area contributed by atoms with Crippen LogP contribution in [0.1, 0.15) is 30.6 Å². The summed E-state index contributed by atoms with van der Waals surface area (Å²) in [5, 5.41) is 26.0. The lowest BCUT2D eigenvalue weighted by molar-refractivity contribution is -0.384. The molecule has 14 nitrogen and oxygen atoms in total. The normalized spacial score (nSPS) is 27.8. The summed E-state index contributed by atoms with van der Waals surface area (Å²) in [4.78, 5) is 52.9. The van der Waals surface area contributed by atoms with Gasteiger partial charge in [0.05, 0.1) is 28.6 Å². The molecule has 16 heteroatoms. The highest BCUT2D eigenvalue weighted by atomic mass is 32.2. The summed E-state index contributed by atoms with van der Waals surface area (Å²) in [7, 11) is -2.02. The van der Waals surface area contributed by atoms with Crippen LogP contribution in [0.25, 0.3) is 0 Å². The van der Waals surface area contributed by atoms with E-state index >= 15 is 0 Å². The number of nitrogens with two attached hydrogens (primary N) is 1. The van der Waals surface area contributed by atoms with E-state index in [4.69, 9.17) is 9.88 Å². The number of β-lactam (4-membered cyclic amide) rings is 1. The van der Waals surface area contributed by atoms with Crippen LogP contribution in [0.2, 0.25) is 0 Å². The number of nitrogens with zero attached hydrogens (tertiary/aromatic N) is 3. The Bertz CT molecular complexity index is 1330. The van der Waals surface area contributed by atoms with Crippen molar-refractivity contribution in [3.8, 4) is 0 Å². The quantitative estimate of drug-likeness (QED) is 0.116. The molecule has 39 heavy (non-hydrogen) atoms. The fraction of sp³-hybridized carbons (Fsp3) is 0.522. The Hall–Kier alpha value is -2.89. The van der Waals surface area contributed by atoms with E-state index in [-0.39, 0.29) is 40.7 Å². The number of likely N-dealkylation sites (tertiary alicyclic amines) is 1. The molecule has 2 saturated heterocycles. The number of aliphatic hydroxyl groups is 1. The molecule has 0 bridgehead atoms. The van der Waals surface area contributed by atoms with Crippen molar-refractivity contribution in [2.24, 2.45) is 17.0 Å². The number of esters is 2. The molecular formula is C23H29N5O9S2. The second-order valence-electron chi connectivity index (χ2n) is 9.91. The molecule has 1 aromatic carbocycles. The highest BCUT2D eigenvalue weighted by molar-refractivity contribution is 8.03. The number of non-ortho nitro benzene ring substituents is 1. The largest absolute Gasteiger partial charge is 0.393 e. The van der Waals surface area contributed by atoms with Gasteiger partial charge in [-0.05, 0) is 32.5 Å². The van der Waals surface area contributed by atoms with Gasteiger partial charge in [-0.2, -0.15) is 8.42 Å². The molecule has 6 atom stereocenters. The number of likely N-dealkylation sites (N-methyl/N-ethyl adjacent to an activating group) is 1. The van der Waals surface area contributed by atoms with Gasteiger partial charge in [-0.25, -0.2) is 19.5 Å². The summed E-state index contributed by atoms with van der Waals surface area (Å²) < 4.78 is 30.0. The molecule has 1 aromatic rings. The topological polar surface area (TPSA) is 202 Å². The molecule has 1 unspecified atom stereocenters. The number of nitrogens with one attached hydrogen (secondary N) is 1. The van der Waals surface area contributed by atoms with Crippen LogP contribution in [0, 0.1) is 22.0 Å². The maximum Gasteiger partial charge on any atom is 0.363 e. The average molecular weight is 584 g/mol. The van der Waals surface area contributed by atoms with Gasteiger partial charge in [-0.1, -0.05) is 6.92 Å². The number of rotatable bonds is 9. The van der Waals surface area contributed by atoms with Crippen LogP contribution in [0.5, 0.6) is 0 Å². The van der Waals surface area contributed by atoms with Gasteiger partial charge in [-0.15, -0.1) is 11.8 Å². The number of hydrogen-bond acceptors (Lipinski definition) is 11. The van der Waals surface area contributed by atoms with Gasteiger partial charge in [0.15, 0.2) is 0 Å². The number of amides is 1. The Balaban J connectivity index is 1.56. The second-order valence-corrected chi connectivity index (χ2v) is 12.6. The van der Waals surface area contributed by atoms with E-state index in [1.165, 1.54) is 35.7 Å². The van der Waals surface area contributed by atoms with E-state index in [9.17, 15) is 38.0 Å². The third-order valence-electron chi connectivity index (χ3n) is 7.26. The molecule has 0 aromatic heterocycles. The van der Waals surface area contributed by atoms with Crippen molar-refractivity contribution in [1.82, 2.24) is 14.5 Å². The molecule has 4 rings (SSSR count). The van der Waals surface area contributed by atoms with Crippen molar-refractivity contribution in [1.29, 1.82) is 0 Å². The van der Waals surface area contributed by atoms with Crippen LogP contribution in [0.3, 0.4) is 0 Å². The van der Waals surface area contributed by atoms with Gasteiger partial charge in [-0.3, -0.25) is 14.9 Å². The van der Waals surface area contributed by atoms with E-state index in [1.807, 2.05) is 18.9 Å². The summed E-state index contributed by atoms with van der Waals surface area (Å²) in [6.07, 6.45) is -0.390. The monoisotopic (exact) mass is 583 g/mol. The summed E-state index contributed by atoms with van der Waals surface area (Å²) in [6, 6.07) is 3.91. The minimum Gasteiger partial charge on any atom is -0.393 e. The summed E-state index contributed by atoms with van der Waals surface area (Å²) in [5.74, 6) is -3.57. The minimum absolute atomic E-state index is 0.0663. The molecule has 3 heterocycles. The molecule has 4 N–H and O–H groups in total. The van der Waals surface area contributed by atoms with Crippen LogP contribution in [-0.2, 0) is 24.5 Å². The molecule has 3 aliphatic heterocycles. The maximum atomic E-state index is 13.3. The predicted octanol–water partition coefficient (Wildman–Crippen LogP) is -0.0537. The van der Waals surface area contributed by atoms with Crippen molar-refractivity contribution in [3.63, 3.8) is 0 Å². The van der Waals surface area contributed by atoms with E-state index in [1.54, 1.807) is 0 Å². The molecule has 2 fully saturated rings. The van der Waals surface area contributed by atoms with Gasteiger partial charge in [0.25, 0.3) is 15.9 Å². The zero-order valence-electron chi connectivity index (χ0n) is 21.3. The molecule has 0 radical (unpaired) electrons. The van der Waals surface area contributed by atoms with Crippen LogP contribution >= 0.6 is 11.8 Å². The predicted molar refractivity (Wildman–Crippen MR) is 139 cm³/mol. The lowest BCUT2D eigenvalue weighted by Crippen LogP contribution is -2.63. The summed E-state index contributed by atoms with van der Waals surface area (Å²) in [6.45, 7) is 4.00. The number of aliphatic hydroxyl groups excluding tert-OH is 1. The number of benzene rings is 1. The van der Waals surface area contributed by atoms with Gasteiger partial charge >= 0.3 is 11.9 Å². The highest BCUT2D eigenvalue weighted by Gasteiger charge is 2.60. The van der Waals surface area contributed by atoms with E-state index < -0.39 is 51.0 Å². The number of thioether (sulfide) groups is 1. The Morgan fingerprint density at radius 2 is 1.95 bits per heavy atom. The Morgan fingerprint density at radius 1 is 1.31 bits per heavy atom. The first-order chi connectivity index (χ1) is 18.2. The van der Waals surface area contributed by atoms with E-state index in [2.05, 4.69) is 4.72 Å². The zero-order chi connectivity index (χ0) is 28.8. The fourth-order valence-electron chi connectivity index (χ4n) is 5.32. The number of nitro groups is 1. The lowest BCUT2D eigenvalue weighted by atomic mass is 9.79. The first-order valence-corrected chi connectivity index (χ1v) is 14.5. The van der Waals surface area contributed by atoms with Crippen LogP contribution in [0.4, 0.5) is 5.69 Å². The third kappa shape index (κ3) is 5.85. The van der Waals surface area contributed by atoms with Crippen LogP contribution < -0.4 is 9.86 Å². The Kier molecular flexibility index (Phi) is 8.16. The first kappa shape index (κ1) is 29.1. The number of fused-ring (bicyclic) bond motifs is 1. The number of hydrogen-bond donors (Lipinski definition) is 3. The van der Waals surface area contributed by atoms with Gasteiger partial charge < -0.3 is 19.6 Å². The minimum atomic E-state index is -3.86. The van der Waals surface area contributed by atoms with Crippen LogP contribution in [-0.4, -0.2) is 89.7 Å². The van der Waals surface area contributed by atoms with Gasteiger partial charge in [0, 0.05) is 47.3 Å². The average Bonchev–Trinajstić information content (AvgIpc) is 3.31. The molecule has 0 aliphatic carbocycles. The molecule has 0 saturated carbocycles. The number of carbonyl (C=O) groups excluding carboxylic acids is 3. The standard InChI is InChI=1S/C23H29N5O9S2/c1-11-18-17(12(2)29)21(30)27(18)19(23(32)37-22(31)13-4-6-14(7-5-13)28(33)34)20(11)38-16-8-15(26(3)10-16)9-25-39(24,35)36/h4-7,11-12,15-18,25,29H,8-10H2,1-3H3,(H2,24,35,36)/t11-,12-,15+,16?,17-,18-/m1/s1. The summed E-state index contributed by atoms with van der Waals surface area (Å²) >= 11 is 1.36. The molecule has 0 spiro atoms. The Morgan fingerprint density at radius 3 is 2.51 bits per heavy atom. The van der Waals surface area contributed by atoms with Crippen molar-refractivity contribution in [2.45, 2.75) is 43.7 Å².